The van der Waals surface area contributed by atoms with E-state index >= 15 is 0 Å². The number of nitrogens with two attached hydrogens (primary N) is 2. The second-order valence-electron chi connectivity index (χ2n) is 10.2. The molecule has 0 saturated heterocycles. The normalized spacial score (nSPS) is 13.7. The van der Waals surface area contributed by atoms with Crippen LogP contribution in [0.25, 0.3) is 17.7 Å². The summed E-state index contributed by atoms with van der Waals surface area (Å²) in [5, 5.41) is 3.03. The van der Waals surface area contributed by atoms with Crippen molar-refractivity contribution < 1.29 is 195 Å². The molecular formula is C37H47N3Na5O10P5. The van der Waals surface area contributed by atoms with E-state index in [0.717, 1.165) is 19.5 Å². The van der Waals surface area contributed by atoms with Gasteiger partial charge in [0.25, 0.3) is 0 Å². The average molecular weight is 964 g/mol. The molecular weight excluding hydrogens is 916 g/mol. The van der Waals surface area contributed by atoms with E-state index in [2.05, 4.69) is 170 Å². The van der Waals surface area contributed by atoms with Crippen LogP contribution in [-0.4, -0.2) is 57.7 Å². The van der Waals surface area contributed by atoms with E-state index in [1.165, 1.54) is 22.3 Å². The van der Waals surface area contributed by atoms with Gasteiger partial charge < -0.3 is 41.3 Å². The molecule has 1 aliphatic rings. The molecule has 5 unspecified atom stereocenters. The van der Waals surface area contributed by atoms with E-state index in [9.17, 15) is 0 Å². The predicted molar refractivity (Wildman–Crippen MR) is 226 cm³/mol. The Morgan fingerprint density at radius 1 is 0.550 bits per heavy atom. The molecule has 0 bridgehead atoms. The fourth-order valence-electron chi connectivity index (χ4n) is 3.78. The molecule has 0 radical (unpaired) electrons. The molecule has 13 nitrogen and oxygen atoms in total. The van der Waals surface area contributed by atoms with Gasteiger partial charge in [0.1, 0.15) is 0 Å². The first-order valence-electron chi connectivity index (χ1n) is 15.7. The number of allylic oxidation sites excluding steroid dienone is 6. The summed E-state index contributed by atoms with van der Waals surface area (Å²) in [6.45, 7) is 3.13. The Morgan fingerprint density at radius 2 is 0.833 bits per heavy atom. The Hall–Kier alpha value is 1.15. The van der Waals surface area contributed by atoms with Crippen molar-refractivity contribution in [3.8, 4) is 0 Å². The van der Waals surface area contributed by atoms with Crippen LogP contribution in [0.15, 0.2) is 121 Å². The van der Waals surface area contributed by atoms with E-state index in [1.54, 1.807) is 0 Å². The molecule has 1 aliphatic carbocycles. The van der Waals surface area contributed by atoms with Crippen LogP contribution in [0.2, 0.25) is 0 Å². The van der Waals surface area contributed by atoms with Crippen LogP contribution >= 0.6 is 38.3 Å². The topological polar surface area (TPSA) is 265 Å². The summed E-state index contributed by atoms with van der Waals surface area (Å²) in [5.41, 5.74) is 15.2. The van der Waals surface area contributed by atoms with Crippen molar-refractivity contribution in [3.63, 3.8) is 0 Å². The summed E-state index contributed by atoms with van der Waals surface area (Å²) < 4.78 is 44.6. The van der Waals surface area contributed by atoms with E-state index in [4.69, 9.17) is 58.8 Å². The minimum absolute atomic E-state index is 0. The zero-order valence-electron chi connectivity index (χ0n) is 35.2. The van der Waals surface area contributed by atoms with Gasteiger partial charge in [-0.05, 0) is 28.7 Å². The third-order valence-electron chi connectivity index (χ3n) is 5.77. The van der Waals surface area contributed by atoms with E-state index < -0.39 is 38.3 Å². The fourth-order valence-corrected chi connectivity index (χ4v) is 3.78. The maximum atomic E-state index is 8.93. The van der Waals surface area contributed by atoms with Crippen LogP contribution in [0, 0.1) is 5.41 Å². The third kappa shape index (κ3) is 61.2. The SMILES string of the molecule is C1=CC(C=Cc2ccccc2)(C=Cc2ccccc2)CC=C1c1ccccc1.C=P(=O)[O-].C=P(=O)[O-].C=P(=O)[O-].C=P(=O)[O-].C=P(=O)[O-].NCCNCCN.[Na+].[Na+].[Na+].[Na+].[Na+]. The van der Waals surface area contributed by atoms with E-state index in [1.807, 2.05) is 0 Å². The molecule has 4 rings (SSSR count). The van der Waals surface area contributed by atoms with Crippen LogP contribution in [0.1, 0.15) is 23.1 Å². The molecule has 5 N–H and O–H groups in total. The second kappa shape index (κ2) is 54.5. The molecule has 0 fully saturated rings. The summed E-state index contributed by atoms with van der Waals surface area (Å²) in [7, 11) is -11.9. The van der Waals surface area contributed by atoms with Crippen molar-refractivity contribution in [1.29, 1.82) is 0 Å². The van der Waals surface area contributed by atoms with Crippen LogP contribution in [0.4, 0.5) is 0 Å². The van der Waals surface area contributed by atoms with Crippen molar-refractivity contribution in [2.75, 3.05) is 26.2 Å². The van der Waals surface area contributed by atoms with Crippen LogP contribution in [-0.2, 0) is 22.8 Å². The predicted octanol–water partition coefficient (Wildman–Crippen LogP) is -11.4. The quantitative estimate of drug-likeness (QED) is 0.102. The van der Waals surface area contributed by atoms with Gasteiger partial charge in [0.05, 0.1) is 0 Å². The molecule has 0 aliphatic heterocycles. The molecule has 60 heavy (non-hydrogen) atoms. The van der Waals surface area contributed by atoms with Gasteiger partial charge in [0, 0.05) is 69.9 Å². The largest absolute Gasteiger partial charge is 1.00 e. The van der Waals surface area contributed by atoms with Gasteiger partial charge >= 0.3 is 148 Å². The molecule has 0 amide bonds. The summed E-state index contributed by atoms with van der Waals surface area (Å²) in [6.07, 6.45) is 29.9. The molecule has 23 heteroatoms. The van der Waals surface area contributed by atoms with Crippen LogP contribution < -0.4 is 189 Å². The average Bonchev–Trinajstić information content (AvgIpc) is 3.11. The molecule has 5 atom stereocenters. The van der Waals surface area contributed by atoms with Crippen LogP contribution in [0.3, 0.4) is 0 Å². The van der Waals surface area contributed by atoms with Gasteiger partial charge in [0.2, 0.25) is 0 Å². The molecule has 0 aromatic heterocycles. The standard InChI is InChI=1S/C28H24.C4H13N3.5CH3O2P.5Na/c1-4-10-24(11-5-1)16-20-28(21-17-25-12-6-2-7-13-25)22-18-27(19-23-28)26-14-8-3-9-15-26;5-1-3-7-4-2-6;5*1-4(2)3;;;;;/h1-22H,23H2;7H,1-6H2;5*1H2,(H,2,3);;;;;/q;;;;;;;5*+1/p-5. The van der Waals surface area contributed by atoms with Crippen molar-refractivity contribution in [1.82, 2.24) is 5.32 Å². The molecule has 0 saturated carbocycles. The number of hydrogen-bond donors (Lipinski definition) is 3. The second-order valence-corrected chi connectivity index (χ2v) is 13.5. The zero-order valence-corrected chi connectivity index (χ0v) is 49.7. The number of hydrogen-bond acceptors (Lipinski definition) is 13. The van der Waals surface area contributed by atoms with Crippen molar-refractivity contribution in [2.24, 2.45) is 16.9 Å². The molecule has 0 spiro atoms. The maximum Gasteiger partial charge on any atom is 1.00 e. The summed E-state index contributed by atoms with van der Waals surface area (Å²) >= 11 is 0. The summed E-state index contributed by atoms with van der Waals surface area (Å²) in [6, 6.07) is 31.6. The minimum atomic E-state index is -2.37. The van der Waals surface area contributed by atoms with E-state index in [-0.39, 0.29) is 153 Å². The molecule has 300 valence electrons. The van der Waals surface area contributed by atoms with Gasteiger partial charge in [-0.1, -0.05) is 165 Å². The minimum Gasteiger partial charge on any atom is -0.777 e. The molecule has 3 aromatic carbocycles. The first-order chi connectivity index (χ1) is 25.9. The van der Waals surface area contributed by atoms with Gasteiger partial charge in [-0.25, -0.2) is 0 Å². The fraction of sp³-hybridized carbons (Fsp3) is 0.162. The van der Waals surface area contributed by atoms with Crippen LogP contribution in [0.5, 0.6) is 0 Å². The monoisotopic (exact) mass is 963 g/mol. The Labute approximate surface area is 468 Å². The number of rotatable bonds is 9. The zero-order chi connectivity index (χ0) is 42.5. The first-order valence-corrected chi connectivity index (χ1v) is 22.5. The smallest absolute Gasteiger partial charge is 0.777 e. The number of nitrogens with one attached hydrogen (secondary N) is 1. The van der Waals surface area contributed by atoms with Gasteiger partial charge in [-0.2, -0.15) is 0 Å². The van der Waals surface area contributed by atoms with Gasteiger partial charge in [0.15, 0.2) is 0 Å². The van der Waals surface area contributed by atoms with Gasteiger partial charge in [-0.15, -0.1) is 0 Å². The van der Waals surface area contributed by atoms with Crippen molar-refractivity contribution >= 4 is 87.5 Å². The Bertz CT molecular complexity index is 1750. The summed E-state index contributed by atoms with van der Waals surface area (Å²) in [5.74, 6) is 0. The molecule has 0 heterocycles. The van der Waals surface area contributed by atoms with Crippen molar-refractivity contribution in [2.45, 2.75) is 6.42 Å². The maximum absolute atomic E-state index is 8.93. The van der Waals surface area contributed by atoms with Crippen molar-refractivity contribution in [3.05, 3.63) is 138 Å². The van der Waals surface area contributed by atoms with E-state index in [0.29, 0.717) is 13.1 Å². The first kappa shape index (κ1) is 78.3. The van der Waals surface area contributed by atoms with Gasteiger partial charge in [-0.3, -0.25) is 22.8 Å². The number of benzene rings is 3. The Morgan fingerprint density at radius 3 is 1.08 bits per heavy atom. The third-order valence-corrected chi connectivity index (χ3v) is 5.77. The summed E-state index contributed by atoms with van der Waals surface area (Å²) in [4.78, 5) is 44.6. The molecule has 3 aromatic rings. The Kier molecular flexibility index (Phi) is 71.1. The Balaban J connectivity index is -0.000000117.